The van der Waals surface area contributed by atoms with Crippen LogP contribution >= 0.6 is 0 Å². The van der Waals surface area contributed by atoms with Crippen molar-refractivity contribution in [2.45, 2.75) is 45.8 Å². The van der Waals surface area contributed by atoms with Gasteiger partial charge in [0.15, 0.2) is 0 Å². The number of ether oxygens (including phenoxy) is 2. The summed E-state index contributed by atoms with van der Waals surface area (Å²) in [4.78, 5) is 24.5. The molecule has 0 fully saturated rings. The second kappa shape index (κ2) is 10.3. The summed E-state index contributed by atoms with van der Waals surface area (Å²) in [6, 6.07) is 13.4. The van der Waals surface area contributed by atoms with Gasteiger partial charge in [0.05, 0.1) is 6.61 Å². The van der Waals surface area contributed by atoms with E-state index in [0.29, 0.717) is 5.46 Å². The highest BCUT2D eigenvalue weighted by Crippen LogP contribution is 2.20. The zero-order chi connectivity index (χ0) is 22.3. The summed E-state index contributed by atoms with van der Waals surface area (Å²) < 4.78 is 10.4. The highest BCUT2D eigenvalue weighted by atomic mass is 16.6. The molecule has 0 saturated heterocycles. The van der Waals surface area contributed by atoms with Gasteiger partial charge in [-0.3, -0.25) is 0 Å². The van der Waals surface area contributed by atoms with Gasteiger partial charge in [-0.2, -0.15) is 0 Å². The quantitative estimate of drug-likeness (QED) is 0.474. The number of benzene rings is 2. The van der Waals surface area contributed by atoms with Crippen LogP contribution in [0.2, 0.25) is 0 Å². The Balaban J connectivity index is 2.23. The molecule has 3 N–H and O–H groups in total. The number of hydrogen-bond acceptors (Lipinski definition) is 6. The standard InChI is InChI=1S/C22H28BNO6/c1-5-29-20(25)19(24-21(26)30-22(2,3)4)13-15-8-6-9-16(12-15)17-10-7-11-18(14-17)23(27)28/h6-12,14,19,27-28H,5,13H2,1-4H3,(H,24,26)/t19-/m0/s1. The lowest BCUT2D eigenvalue weighted by Gasteiger charge is -2.23. The van der Waals surface area contributed by atoms with E-state index < -0.39 is 30.8 Å². The molecular formula is C22H28BNO6. The lowest BCUT2D eigenvalue weighted by atomic mass is 9.79. The van der Waals surface area contributed by atoms with E-state index in [-0.39, 0.29) is 13.0 Å². The first kappa shape index (κ1) is 23.4. The van der Waals surface area contributed by atoms with Crippen LogP contribution in [0.1, 0.15) is 33.3 Å². The number of rotatable bonds is 7. The molecule has 0 unspecified atom stereocenters. The Kier molecular flexibility index (Phi) is 8.03. The summed E-state index contributed by atoms with van der Waals surface area (Å²) in [6.07, 6.45) is -0.477. The summed E-state index contributed by atoms with van der Waals surface area (Å²) in [5.41, 5.74) is 2.14. The van der Waals surface area contributed by atoms with E-state index in [0.717, 1.165) is 16.7 Å². The van der Waals surface area contributed by atoms with Crippen LogP contribution in [0, 0.1) is 0 Å². The van der Waals surface area contributed by atoms with Gasteiger partial charge in [0, 0.05) is 6.42 Å². The Bertz CT molecular complexity index is 878. The first-order valence-corrected chi connectivity index (χ1v) is 9.80. The fraction of sp³-hybridized carbons (Fsp3) is 0.364. The van der Waals surface area contributed by atoms with Crippen LogP contribution in [0.15, 0.2) is 48.5 Å². The summed E-state index contributed by atoms with van der Waals surface area (Å²) in [5, 5.41) is 21.4. The molecule has 7 nitrogen and oxygen atoms in total. The minimum absolute atomic E-state index is 0.196. The number of nitrogens with one attached hydrogen (secondary N) is 1. The lowest BCUT2D eigenvalue weighted by molar-refractivity contribution is -0.145. The molecule has 0 heterocycles. The molecule has 2 rings (SSSR count). The Morgan fingerprint density at radius 2 is 1.70 bits per heavy atom. The van der Waals surface area contributed by atoms with Gasteiger partial charge in [-0.25, -0.2) is 9.59 Å². The second-order valence-corrected chi connectivity index (χ2v) is 7.85. The van der Waals surface area contributed by atoms with Crippen molar-refractivity contribution < 1.29 is 29.1 Å². The highest BCUT2D eigenvalue weighted by Gasteiger charge is 2.26. The average Bonchev–Trinajstić information content (AvgIpc) is 2.66. The molecule has 30 heavy (non-hydrogen) atoms. The lowest BCUT2D eigenvalue weighted by Crippen LogP contribution is -2.45. The minimum Gasteiger partial charge on any atom is -0.464 e. The van der Waals surface area contributed by atoms with Crippen LogP contribution < -0.4 is 10.8 Å². The van der Waals surface area contributed by atoms with E-state index in [1.807, 2.05) is 30.3 Å². The van der Waals surface area contributed by atoms with Crippen molar-refractivity contribution in [2.75, 3.05) is 6.61 Å². The Morgan fingerprint density at radius 1 is 1.07 bits per heavy atom. The van der Waals surface area contributed by atoms with Gasteiger partial charge >= 0.3 is 19.2 Å². The molecule has 0 saturated carbocycles. The number of carbonyl (C=O) groups is 2. The van der Waals surface area contributed by atoms with Gasteiger partial charge in [0.25, 0.3) is 0 Å². The van der Waals surface area contributed by atoms with Crippen LogP contribution in [0.25, 0.3) is 11.1 Å². The predicted octanol–water partition coefficient (Wildman–Crippen LogP) is 2.03. The molecule has 0 aliphatic heterocycles. The average molecular weight is 413 g/mol. The molecular weight excluding hydrogens is 385 g/mol. The number of amides is 1. The molecule has 8 heteroatoms. The van der Waals surface area contributed by atoms with Crippen molar-refractivity contribution >= 4 is 24.6 Å². The number of carbonyl (C=O) groups excluding carboxylic acids is 2. The molecule has 0 aliphatic carbocycles. The van der Waals surface area contributed by atoms with Crippen LogP contribution in [-0.2, 0) is 20.7 Å². The van der Waals surface area contributed by atoms with Gasteiger partial charge in [-0.05, 0) is 49.8 Å². The normalized spacial score (nSPS) is 12.1. The second-order valence-electron chi connectivity index (χ2n) is 7.85. The van der Waals surface area contributed by atoms with Crippen LogP contribution in [0.4, 0.5) is 4.79 Å². The molecule has 2 aromatic rings. The SMILES string of the molecule is CCOC(=O)[C@H](Cc1cccc(-c2cccc(B(O)O)c2)c1)NC(=O)OC(C)(C)C. The molecule has 160 valence electrons. The fourth-order valence-electron chi connectivity index (χ4n) is 2.88. The van der Waals surface area contributed by atoms with Gasteiger partial charge in [-0.1, -0.05) is 48.5 Å². The van der Waals surface area contributed by atoms with Gasteiger partial charge in [-0.15, -0.1) is 0 Å². The van der Waals surface area contributed by atoms with Gasteiger partial charge in [0.2, 0.25) is 0 Å². The van der Waals surface area contributed by atoms with Crippen molar-refractivity contribution in [3.05, 3.63) is 54.1 Å². The van der Waals surface area contributed by atoms with Crippen molar-refractivity contribution in [3.63, 3.8) is 0 Å². The van der Waals surface area contributed by atoms with E-state index >= 15 is 0 Å². The molecule has 0 spiro atoms. The molecule has 2 aromatic carbocycles. The third-order valence-corrected chi connectivity index (χ3v) is 4.15. The minimum atomic E-state index is -1.56. The summed E-state index contributed by atoms with van der Waals surface area (Å²) in [5.74, 6) is -0.542. The Morgan fingerprint density at radius 3 is 2.30 bits per heavy atom. The van der Waals surface area contributed by atoms with Crippen molar-refractivity contribution in [3.8, 4) is 11.1 Å². The predicted molar refractivity (Wildman–Crippen MR) is 115 cm³/mol. The Labute approximate surface area is 177 Å². The summed E-state index contributed by atoms with van der Waals surface area (Å²) in [7, 11) is -1.56. The van der Waals surface area contributed by atoms with E-state index in [1.165, 1.54) is 0 Å². The van der Waals surface area contributed by atoms with Crippen molar-refractivity contribution in [2.24, 2.45) is 0 Å². The third kappa shape index (κ3) is 7.20. The molecule has 0 aliphatic rings. The van der Waals surface area contributed by atoms with E-state index in [1.54, 1.807) is 45.9 Å². The molecule has 1 amide bonds. The molecule has 1 atom stereocenters. The topological polar surface area (TPSA) is 105 Å². The van der Waals surface area contributed by atoms with Gasteiger partial charge in [0.1, 0.15) is 11.6 Å². The number of esters is 1. The maximum absolute atomic E-state index is 12.4. The summed E-state index contributed by atoms with van der Waals surface area (Å²) in [6.45, 7) is 7.12. The number of alkyl carbamates (subject to hydrolysis) is 1. The Hall–Kier alpha value is -2.84. The smallest absolute Gasteiger partial charge is 0.464 e. The third-order valence-electron chi connectivity index (χ3n) is 4.15. The maximum Gasteiger partial charge on any atom is 0.488 e. The zero-order valence-electron chi connectivity index (χ0n) is 17.7. The fourth-order valence-corrected chi connectivity index (χ4v) is 2.88. The van der Waals surface area contributed by atoms with Crippen LogP contribution in [0.5, 0.6) is 0 Å². The van der Waals surface area contributed by atoms with E-state index in [9.17, 15) is 19.6 Å². The van der Waals surface area contributed by atoms with Crippen LogP contribution in [0.3, 0.4) is 0 Å². The van der Waals surface area contributed by atoms with Crippen molar-refractivity contribution in [1.29, 1.82) is 0 Å². The monoisotopic (exact) mass is 413 g/mol. The largest absolute Gasteiger partial charge is 0.488 e. The molecule has 0 bridgehead atoms. The number of hydrogen-bond donors (Lipinski definition) is 3. The maximum atomic E-state index is 12.4. The van der Waals surface area contributed by atoms with Crippen LogP contribution in [-0.4, -0.2) is 47.5 Å². The zero-order valence-corrected chi connectivity index (χ0v) is 17.7. The van der Waals surface area contributed by atoms with E-state index in [4.69, 9.17) is 9.47 Å². The molecule has 0 radical (unpaired) electrons. The first-order chi connectivity index (χ1) is 14.1. The van der Waals surface area contributed by atoms with Crippen molar-refractivity contribution in [1.82, 2.24) is 5.32 Å². The first-order valence-electron chi connectivity index (χ1n) is 9.80. The van der Waals surface area contributed by atoms with E-state index in [2.05, 4.69) is 5.32 Å². The van der Waals surface area contributed by atoms with Gasteiger partial charge < -0.3 is 24.8 Å². The molecule has 0 aromatic heterocycles. The highest BCUT2D eigenvalue weighted by molar-refractivity contribution is 6.58. The summed E-state index contributed by atoms with van der Waals surface area (Å²) >= 11 is 0.